The number of benzene rings is 2. The summed E-state index contributed by atoms with van der Waals surface area (Å²) < 4.78 is 299. The van der Waals surface area contributed by atoms with E-state index in [1.807, 2.05) is 0 Å². The van der Waals surface area contributed by atoms with Crippen molar-refractivity contribution in [3.63, 3.8) is 0 Å². The van der Waals surface area contributed by atoms with Gasteiger partial charge in [0.05, 0.1) is 0 Å². The molecule has 0 aromatic heterocycles. The molecule has 4 N–H and O–H groups in total. The maximum Gasteiger partial charge on any atom is 0.385 e. The van der Waals surface area contributed by atoms with Crippen molar-refractivity contribution in [2.24, 2.45) is 0 Å². The normalized spacial score (nSPS) is 20.1. The van der Waals surface area contributed by atoms with Crippen LogP contribution in [-0.2, 0) is 11.8 Å². The largest absolute Gasteiger partial charge is 0.398 e. The summed E-state index contributed by atoms with van der Waals surface area (Å²) in [5.74, 6) is -85.8. The Morgan fingerprint density at radius 3 is 0.625 bits per heavy atom. The van der Waals surface area contributed by atoms with E-state index in [9.17, 15) is 52.7 Å². The van der Waals surface area contributed by atoms with Crippen molar-refractivity contribution < 1.29 is 87.8 Å². The molecule has 0 radical (unpaired) electrons. The number of anilines is 2. The van der Waals surface area contributed by atoms with Gasteiger partial charge in [0.15, 0.2) is 0 Å². The fraction of sp³-hybridized carbons (Fsp3) is 0.647. The lowest BCUT2D eigenvalue weighted by molar-refractivity contribution is -0.470. The molecular formula is C34H28F20N2. The van der Waals surface area contributed by atoms with Gasteiger partial charge in [0.25, 0.3) is 0 Å². The van der Waals surface area contributed by atoms with Gasteiger partial charge in [-0.2, -0.15) is 87.8 Å². The summed E-state index contributed by atoms with van der Waals surface area (Å²) in [6, 6.07) is 0.0834. The van der Waals surface area contributed by atoms with Crippen molar-refractivity contribution in [2.75, 3.05) is 11.5 Å². The van der Waals surface area contributed by atoms with Gasteiger partial charge < -0.3 is 11.5 Å². The van der Waals surface area contributed by atoms with Crippen LogP contribution in [0.2, 0.25) is 0 Å². The van der Waals surface area contributed by atoms with Crippen LogP contribution in [0.1, 0.15) is 108 Å². The summed E-state index contributed by atoms with van der Waals surface area (Å²) in [7, 11) is 0. The second-order valence-electron chi connectivity index (χ2n) is 15.0. The molecule has 4 fully saturated rings. The number of nitrogens with two attached hydrogens (primary N) is 2. The minimum absolute atomic E-state index is 0.0208. The van der Waals surface area contributed by atoms with E-state index in [0.29, 0.717) is 0 Å². The van der Waals surface area contributed by atoms with Gasteiger partial charge in [0, 0.05) is 22.5 Å². The van der Waals surface area contributed by atoms with Crippen LogP contribution in [0.5, 0.6) is 0 Å². The molecule has 0 unspecified atom stereocenters. The first kappa shape index (κ1) is 42.3. The molecule has 6 rings (SSSR count). The van der Waals surface area contributed by atoms with E-state index in [4.69, 9.17) is 11.5 Å². The Balaban J connectivity index is 1.37. The molecule has 2 nitrogen and oxygen atoms in total. The van der Waals surface area contributed by atoms with Crippen molar-refractivity contribution in [3.8, 4) is 0 Å². The molecule has 0 bridgehead atoms. The van der Waals surface area contributed by atoms with Gasteiger partial charge in [-0.05, 0) is 122 Å². The molecule has 0 heterocycles. The SMILES string of the molecule is Nc1c(C2CC2)cc(C(F)(F)C(F)(F)C(F)(F)C(F)(F)C(F)(F)C(F)(F)C(F)(F)C(F)(F)C(F)(F)C(F)(F)c2cc(C3CC3)c(N)c(C3CC3)c2)cc1C1CC1. The monoisotopic (exact) mass is 844 g/mol. The van der Waals surface area contributed by atoms with E-state index in [2.05, 4.69) is 0 Å². The average Bonchev–Trinajstić information content (AvgIpc) is 3.90. The molecule has 0 aliphatic heterocycles. The fourth-order valence-electron chi connectivity index (χ4n) is 6.63. The predicted octanol–water partition coefficient (Wildman–Crippen LogP) is 12.3. The van der Waals surface area contributed by atoms with Crippen molar-refractivity contribution in [1.82, 2.24) is 0 Å². The van der Waals surface area contributed by atoms with Crippen LogP contribution in [0.3, 0.4) is 0 Å². The van der Waals surface area contributed by atoms with Crippen molar-refractivity contribution in [1.29, 1.82) is 0 Å². The third kappa shape index (κ3) is 5.57. The van der Waals surface area contributed by atoms with Crippen LogP contribution in [0.4, 0.5) is 99.2 Å². The molecule has 0 atom stereocenters. The molecule has 4 aliphatic carbocycles. The van der Waals surface area contributed by atoms with Crippen LogP contribution in [0.25, 0.3) is 0 Å². The Kier molecular flexibility index (Phi) is 9.12. The number of halogens is 20. The molecule has 56 heavy (non-hydrogen) atoms. The van der Waals surface area contributed by atoms with Gasteiger partial charge >= 0.3 is 59.2 Å². The van der Waals surface area contributed by atoms with Crippen molar-refractivity contribution in [2.45, 2.75) is 134 Å². The van der Waals surface area contributed by atoms with Crippen LogP contribution >= 0.6 is 0 Å². The van der Waals surface area contributed by atoms with E-state index >= 15 is 35.1 Å². The zero-order chi connectivity index (χ0) is 42.4. The Hall–Kier alpha value is -3.36. The Morgan fingerprint density at radius 1 is 0.304 bits per heavy atom. The first-order chi connectivity index (χ1) is 25.2. The van der Waals surface area contributed by atoms with Crippen LogP contribution in [0.15, 0.2) is 24.3 Å². The summed E-state index contributed by atoms with van der Waals surface area (Å²) in [4.78, 5) is 0. The first-order valence-electron chi connectivity index (χ1n) is 16.8. The molecule has 22 heteroatoms. The first-order valence-corrected chi connectivity index (χ1v) is 16.8. The lowest BCUT2D eigenvalue weighted by Gasteiger charge is -2.45. The Morgan fingerprint density at radius 2 is 0.464 bits per heavy atom. The lowest BCUT2D eigenvalue weighted by Crippen LogP contribution is -2.76. The number of hydrogen-bond donors (Lipinski definition) is 2. The highest BCUT2D eigenvalue weighted by molar-refractivity contribution is 5.62. The zero-order valence-electron chi connectivity index (χ0n) is 28.0. The number of rotatable bonds is 15. The van der Waals surface area contributed by atoms with Crippen molar-refractivity contribution >= 4 is 11.4 Å². The summed E-state index contributed by atoms with van der Waals surface area (Å²) in [6.45, 7) is 0. The molecule has 0 amide bonds. The van der Waals surface area contributed by atoms with Gasteiger partial charge in [-0.1, -0.05) is 0 Å². The maximum atomic E-state index is 15.3. The highest BCUT2D eigenvalue weighted by Crippen LogP contribution is 2.68. The number of hydrogen-bond acceptors (Lipinski definition) is 2. The molecule has 4 saturated carbocycles. The summed E-state index contributed by atoms with van der Waals surface area (Å²) >= 11 is 0. The molecule has 0 saturated heterocycles. The van der Waals surface area contributed by atoms with Crippen LogP contribution < -0.4 is 11.5 Å². The van der Waals surface area contributed by atoms with E-state index in [1.165, 1.54) is 0 Å². The highest BCUT2D eigenvalue weighted by Gasteiger charge is 2.97. The van der Waals surface area contributed by atoms with Gasteiger partial charge in [-0.3, -0.25) is 0 Å². The second kappa shape index (κ2) is 12.1. The highest BCUT2D eigenvalue weighted by atomic mass is 19.4. The van der Waals surface area contributed by atoms with E-state index < -0.39 is 116 Å². The third-order valence-corrected chi connectivity index (χ3v) is 10.8. The maximum absolute atomic E-state index is 15.3. The smallest absolute Gasteiger partial charge is 0.385 e. The lowest BCUT2D eigenvalue weighted by atomic mass is 9.83. The second-order valence-corrected chi connectivity index (χ2v) is 15.0. The Bertz CT molecular complexity index is 1690. The van der Waals surface area contributed by atoms with Gasteiger partial charge in [-0.25, -0.2) is 0 Å². The minimum Gasteiger partial charge on any atom is -0.398 e. The molecule has 4 aliphatic rings. The van der Waals surface area contributed by atoms with E-state index in [1.54, 1.807) is 0 Å². The zero-order valence-corrected chi connectivity index (χ0v) is 28.0. The molecule has 2 aromatic rings. The fourth-order valence-corrected chi connectivity index (χ4v) is 6.63. The van der Waals surface area contributed by atoms with Gasteiger partial charge in [-0.15, -0.1) is 0 Å². The molecule has 2 aromatic carbocycles. The Labute approximate surface area is 302 Å². The number of alkyl halides is 20. The van der Waals surface area contributed by atoms with Crippen LogP contribution in [-0.4, -0.2) is 47.4 Å². The van der Waals surface area contributed by atoms with E-state index in [-0.39, 0.29) is 87.0 Å². The standard InChI is InChI=1S/C34H28F20N2/c35-25(36,17-9-19(13-1-2-13)23(55)20(10-17)14-3-4-14)27(39,40)29(43,44)31(47,48)33(51,52)34(53,54)32(49,50)30(45,46)28(41,42)26(37,38)18-11-21(15-5-6-15)24(56)22(12-18)16-7-8-16/h9-16H,1-8,55-56H2. The van der Waals surface area contributed by atoms with E-state index in [0.717, 1.165) is 0 Å². The quantitative estimate of drug-likeness (QED) is 0.139. The third-order valence-electron chi connectivity index (χ3n) is 10.8. The average molecular weight is 845 g/mol. The van der Waals surface area contributed by atoms with Gasteiger partial charge in [0.1, 0.15) is 0 Å². The molecular weight excluding hydrogens is 816 g/mol. The predicted molar refractivity (Wildman–Crippen MR) is 157 cm³/mol. The molecule has 314 valence electrons. The summed E-state index contributed by atoms with van der Waals surface area (Å²) in [5, 5.41) is 0. The summed E-state index contributed by atoms with van der Waals surface area (Å²) in [5.41, 5.74) is 4.94. The van der Waals surface area contributed by atoms with Gasteiger partial charge in [0.2, 0.25) is 0 Å². The van der Waals surface area contributed by atoms with Crippen LogP contribution in [0, 0.1) is 0 Å². The topological polar surface area (TPSA) is 52.0 Å². The number of nitrogen functional groups attached to an aromatic ring is 2. The van der Waals surface area contributed by atoms with Crippen molar-refractivity contribution in [3.05, 3.63) is 57.6 Å². The molecule has 0 spiro atoms. The summed E-state index contributed by atoms with van der Waals surface area (Å²) in [6.07, 6.45) is 1.35. The minimum atomic E-state index is -9.10.